The van der Waals surface area contributed by atoms with Crippen molar-refractivity contribution in [2.24, 2.45) is 0 Å². The molecule has 0 aliphatic rings. The normalized spacial score (nSPS) is 14.2. The van der Waals surface area contributed by atoms with Gasteiger partial charge in [0.25, 0.3) is 0 Å². The van der Waals surface area contributed by atoms with Crippen LogP contribution in [0, 0.1) is 0 Å². The first-order valence-corrected chi connectivity index (χ1v) is 4.50. The summed E-state index contributed by atoms with van der Waals surface area (Å²) in [6.07, 6.45) is 4.38. The van der Waals surface area contributed by atoms with Crippen molar-refractivity contribution in [2.45, 2.75) is 46.6 Å². The number of allylic oxidation sites excluding steroid dienone is 1. The number of carbonyl (C=O) groups excluding carboxylic acids is 1. The van der Waals surface area contributed by atoms with Gasteiger partial charge < -0.3 is 5.32 Å². The number of hydrogen-bond donors (Lipinski definition) is 1. The van der Waals surface area contributed by atoms with Gasteiger partial charge in [0.1, 0.15) is 0 Å². The molecule has 0 radical (unpaired) electrons. The highest BCUT2D eigenvalue weighted by Gasteiger charge is 1.98. The second-order valence-corrected chi connectivity index (χ2v) is 3.25. The summed E-state index contributed by atoms with van der Waals surface area (Å²) in [5.41, 5.74) is 1.35. The van der Waals surface area contributed by atoms with E-state index in [0.717, 1.165) is 12.8 Å². The summed E-state index contributed by atoms with van der Waals surface area (Å²) >= 11 is 0. The third kappa shape index (κ3) is 5.96. The molecular formula is C10H19NO. The van der Waals surface area contributed by atoms with Crippen LogP contribution in [0.4, 0.5) is 0 Å². The van der Waals surface area contributed by atoms with Gasteiger partial charge >= 0.3 is 0 Å². The van der Waals surface area contributed by atoms with E-state index in [0.29, 0.717) is 0 Å². The molecule has 0 spiro atoms. The highest BCUT2D eigenvalue weighted by molar-refractivity contribution is 5.73. The van der Waals surface area contributed by atoms with E-state index in [-0.39, 0.29) is 11.9 Å². The van der Waals surface area contributed by atoms with E-state index >= 15 is 0 Å². The second kappa shape index (κ2) is 5.81. The first kappa shape index (κ1) is 11.2. The van der Waals surface area contributed by atoms with Gasteiger partial charge in [0.2, 0.25) is 5.91 Å². The van der Waals surface area contributed by atoms with Crippen molar-refractivity contribution in [1.29, 1.82) is 0 Å². The summed E-state index contributed by atoms with van der Waals surface area (Å²) in [6.45, 7) is 7.78. The Hall–Kier alpha value is -0.790. The summed E-state index contributed by atoms with van der Waals surface area (Å²) in [4.78, 5) is 10.7. The molecule has 12 heavy (non-hydrogen) atoms. The molecule has 0 rings (SSSR count). The van der Waals surface area contributed by atoms with Crippen LogP contribution in [0.3, 0.4) is 0 Å². The van der Waals surface area contributed by atoms with Crippen LogP contribution in [-0.4, -0.2) is 11.9 Å². The van der Waals surface area contributed by atoms with Crippen LogP contribution in [0.5, 0.6) is 0 Å². The molecule has 0 bridgehead atoms. The quantitative estimate of drug-likeness (QED) is 0.642. The summed E-state index contributed by atoms with van der Waals surface area (Å²) in [5, 5.41) is 2.82. The Morgan fingerprint density at radius 1 is 1.50 bits per heavy atom. The molecular weight excluding hydrogens is 150 g/mol. The average Bonchev–Trinajstić information content (AvgIpc) is 1.84. The van der Waals surface area contributed by atoms with Crippen LogP contribution in [0.1, 0.15) is 40.5 Å². The zero-order valence-electron chi connectivity index (χ0n) is 8.48. The van der Waals surface area contributed by atoms with E-state index in [1.165, 1.54) is 5.57 Å². The molecule has 2 heteroatoms. The largest absolute Gasteiger partial charge is 0.350 e. The topological polar surface area (TPSA) is 29.1 Å². The molecule has 0 aromatic heterocycles. The standard InChI is InChI=1S/C10H19NO/c1-5-6-8(2)7-9(3)11-10(4)12/h7,9H,5-6H2,1-4H3,(H,11,12)/b8-7+. The summed E-state index contributed by atoms with van der Waals surface area (Å²) < 4.78 is 0. The molecule has 1 amide bonds. The van der Waals surface area contributed by atoms with Gasteiger partial charge in [0.15, 0.2) is 0 Å². The zero-order valence-corrected chi connectivity index (χ0v) is 8.48. The van der Waals surface area contributed by atoms with Gasteiger partial charge in [0.05, 0.1) is 0 Å². The minimum Gasteiger partial charge on any atom is -0.350 e. The van der Waals surface area contributed by atoms with Crippen molar-refractivity contribution in [3.63, 3.8) is 0 Å². The molecule has 1 atom stereocenters. The number of rotatable bonds is 4. The minimum atomic E-state index is 0.0306. The molecule has 1 unspecified atom stereocenters. The Balaban J connectivity index is 3.86. The van der Waals surface area contributed by atoms with Crippen molar-refractivity contribution < 1.29 is 4.79 Å². The molecule has 0 aliphatic carbocycles. The first-order chi connectivity index (χ1) is 5.56. The predicted molar refractivity (Wildman–Crippen MR) is 51.9 cm³/mol. The molecule has 0 heterocycles. The van der Waals surface area contributed by atoms with E-state index in [2.05, 4.69) is 25.2 Å². The molecule has 70 valence electrons. The Kier molecular flexibility index (Phi) is 5.43. The maximum Gasteiger partial charge on any atom is 0.217 e. The highest BCUT2D eigenvalue weighted by atomic mass is 16.1. The average molecular weight is 169 g/mol. The number of amides is 1. The van der Waals surface area contributed by atoms with Gasteiger partial charge in [-0.3, -0.25) is 4.79 Å². The number of carbonyl (C=O) groups is 1. The molecule has 1 N–H and O–H groups in total. The fourth-order valence-electron chi connectivity index (χ4n) is 1.27. The van der Waals surface area contributed by atoms with Crippen molar-refractivity contribution in [2.75, 3.05) is 0 Å². The van der Waals surface area contributed by atoms with Gasteiger partial charge in [0, 0.05) is 13.0 Å². The van der Waals surface area contributed by atoms with E-state index < -0.39 is 0 Å². The lowest BCUT2D eigenvalue weighted by Gasteiger charge is -2.08. The fourth-order valence-corrected chi connectivity index (χ4v) is 1.27. The van der Waals surface area contributed by atoms with Crippen LogP contribution in [0.2, 0.25) is 0 Å². The molecule has 0 aromatic rings. The van der Waals surface area contributed by atoms with Crippen LogP contribution in [0.25, 0.3) is 0 Å². The van der Waals surface area contributed by atoms with Crippen molar-refractivity contribution in [3.05, 3.63) is 11.6 Å². The Morgan fingerprint density at radius 3 is 2.50 bits per heavy atom. The number of hydrogen-bond acceptors (Lipinski definition) is 1. The maximum atomic E-state index is 10.7. The van der Waals surface area contributed by atoms with Crippen LogP contribution >= 0.6 is 0 Å². The lowest BCUT2D eigenvalue weighted by atomic mass is 10.1. The molecule has 0 fully saturated rings. The lowest BCUT2D eigenvalue weighted by Crippen LogP contribution is -2.28. The van der Waals surface area contributed by atoms with Crippen molar-refractivity contribution in [1.82, 2.24) is 5.32 Å². The second-order valence-electron chi connectivity index (χ2n) is 3.25. The predicted octanol–water partition coefficient (Wildman–Crippen LogP) is 2.26. The summed E-state index contributed by atoms with van der Waals surface area (Å²) in [7, 11) is 0. The lowest BCUT2D eigenvalue weighted by molar-refractivity contribution is -0.119. The van der Waals surface area contributed by atoms with Crippen molar-refractivity contribution >= 4 is 5.91 Å². The third-order valence-corrected chi connectivity index (χ3v) is 1.61. The van der Waals surface area contributed by atoms with Gasteiger partial charge in [-0.25, -0.2) is 0 Å². The van der Waals surface area contributed by atoms with Crippen LogP contribution in [0.15, 0.2) is 11.6 Å². The Morgan fingerprint density at radius 2 is 2.08 bits per heavy atom. The molecule has 0 saturated heterocycles. The van der Waals surface area contributed by atoms with E-state index in [1.807, 2.05) is 6.92 Å². The molecule has 0 saturated carbocycles. The van der Waals surface area contributed by atoms with E-state index in [9.17, 15) is 4.79 Å². The zero-order chi connectivity index (χ0) is 9.56. The maximum absolute atomic E-state index is 10.7. The van der Waals surface area contributed by atoms with Gasteiger partial charge in [-0.1, -0.05) is 25.0 Å². The first-order valence-electron chi connectivity index (χ1n) is 4.50. The summed E-state index contributed by atoms with van der Waals surface area (Å²) in [6, 6.07) is 0.161. The van der Waals surface area contributed by atoms with Gasteiger partial charge in [-0.2, -0.15) is 0 Å². The highest BCUT2D eigenvalue weighted by Crippen LogP contribution is 2.03. The SMILES string of the molecule is CCC/C(C)=C/C(C)NC(C)=O. The Labute approximate surface area is 75.0 Å². The smallest absolute Gasteiger partial charge is 0.217 e. The molecule has 2 nitrogen and oxygen atoms in total. The van der Waals surface area contributed by atoms with E-state index in [1.54, 1.807) is 6.92 Å². The van der Waals surface area contributed by atoms with E-state index in [4.69, 9.17) is 0 Å². The van der Waals surface area contributed by atoms with Crippen molar-refractivity contribution in [3.8, 4) is 0 Å². The molecule has 0 aromatic carbocycles. The monoisotopic (exact) mass is 169 g/mol. The molecule has 0 aliphatic heterocycles. The van der Waals surface area contributed by atoms with Crippen LogP contribution < -0.4 is 5.32 Å². The summed E-state index contributed by atoms with van der Waals surface area (Å²) in [5.74, 6) is 0.0306. The number of nitrogens with one attached hydrogen (secondary N) is 1. The minimum absolute atomic E-state index is 0.0306. The third-order valence-electron chi connectivity index (χ3n) is 1.61. The van der Waals surface area contributed by atoms with Gasteiger partial charge in [-0.15, -0.1) is 0 Å². The van der Waals surface area contributed by atoms with Crippen LogP contribution in [-0.2, 0) is 4.79 Å². The van der Waals surface area contributed by atoms with Gasteiger partial charge in [-0.05, 0) is 20.3 Å². The Bertz CT molecular complexity index is 173. The fraction of sp³-hybridized carbons (Fsp3) is 0.700.